The lowest BCUT2D eigenvalue weighted by Crippen LogP contribution is -2.11. The van der Waals surface area contributed by atoms with E-state index in [0.29, 0.717) is 12.5 Å². The van der Waals surface area contributed by atoms with Gasteiger partial charge in [-0.2, -0.15) is 0 Å². The largest absolute Gasteiger partial charge is 0.463 e. The molecule has 0 heterocycles. The number of anilines is 1. The second kappa shape index (κ2) is 6.12. The molecule has 2 N–H and O–H groups in total. The van der Waals surface area contributed by atoms with E-state index in [9.17, 15) is 9.90 Å². The first-order valence-corrected chi connectivity index (χ1v) is 5.21. The van der Waals surface area contributed by atoms with Crippen molar-refractivity contribution >= 4 is 12.2 Å². The number of rotatable bonds is 6. The van der Waals surface area contributed by atoms with E-state index in [1.807, 2.05) is 32.0 Å². The van der Waals surface area contributed by atoms with Gasteiger partial charge in [0.25, 0.3) is 6.47 Å². The van der Waals surface area contributed by atoms with E-state index in [-0.39, 0.29) is 13.2 Å². The van der Waals surface area contributed by atoms with Crippen molar-refractivity contribution in [3.63, 3.8) is 0 Å². The lowest BCUT2D eigenvalue weighted by molar-refractivity contribution is -0.129. The Bertz CT molecular complexity index is 350. The zero-order valence-corrected chi connectivity index (χ0v) is 9.56. The van der Waals surface area contributed by atoms with Crippen LogP contribution >= 0.6 is 0 Å². The van der Waals surface area contributed by atoms with Gasteiger partial charge in [0.1, 0.15) is 6.61 Å². The van der Waals surface area contributed by atoms with Gasteiger partial charge in [-0.1, -0.05) is 6.07 Å². The zero-order chi connectivity index (χ0) is 12.0. The summed E-state index contributed by atoms with van der Waals surface area (Å²) in [6.07, 6.45) is 0. The molecule has 1 rings (SSSR count). The second-order valence-corrected chi connectivity index (χ2v) is 3.86. The maximum atomic E-state index is 10.1. The maximum absolute atomic E-state index is 10.1. The van der Waals surface area contributed by atoms with Gasteiger partial charge in [-0.05, 0) is 31.5 Å². The van der Waals surface area contributed by atoms with Crippen molar-refractivity contribution in [1.29, 1.82) is 0 Å². The summed E-state index contributed by atoms with van der Waals surface area (Å²) in [5, 5.41) is 12.5. The molecule has 0 fully saturated rings. The lowest BCUT2D eigenvalue weighted by Gasteiger charge is -2.14. The first-order valence-electron chi connectivity index (χ1n) is 5.21. The SMILES string of the molecule is CC(C)Nc1ccc(COC=O)cc1CO. The van der Waals surface area contributed by atoms with Gasteiger partial charge in [0.15, 0.2) is 0 Å². The van der Waals surface area contributed by atoms with E-state index >= 15 is 0 Å². The number of aliphatic hydroxyl groups is 1. The molecule has 0 radical (unpaired) electrons. The van der Waals surface area contributed by atoms with E-state index in [4.69, 9.17) is 0 Å². The average molecular weight is 223 g/mol. The number of carbonyl (C=O) groups is 1. The number of aliphatic hydroxyl groups excluding tert-OH is 1. The summed E-state index contributed by atoms with van der Waals surface area (Å²) >= 11 is 0. The Morgan fingerprint density at radius 2 is 2.25 bits per heavy atom. The monoisotopic (exact) mass is 223 g/mol. The van der Waals surface area contributed by atoms with Crippen molar-refractivity contribution in [3.05, 3.63) is 29.3 Å². The Morgan fingerprint density at radius 1 is 1.50 bits per heavy atom. The summed E-state index contributed by atoms with van der Waals surface area (Å²) in [5.74, 6) is 0. The number of nitrogens with one attached hydrogen (secondary N) is 1. The molecule has 0 aromatic heterocycles. The zero-order valence-electron chi connectivity index (χ0n) is 9.56. The number of benzene rings is 1. The summed E-state index contributed by atoms with van der Waals surface area (Å²) in [6, 6.07) is 5.89. The Hall–Kier alpha value is -1.55. The number of ether oxygens (including phenoxy) is 1. The molecule has 0 saturated carbocycles. The van der Waals surface area contributed by atoms with Crippen LogP contribution in [0.25, 0.3) is 0 Å². The molecule has 0 aliphatic carbocycles. The Kier molecular flexibility index (Phi) is 4.79. The molecule has 4 heteroatoms. The van der Waals surface area contributed by atoms with Crippen molar-refractivity contribution < 1.29 is 14.6 Å². The van der Waals surface area contributed by atoms with Gasteiger partial charge in [0.2, 0.25) is 0 Å². The lowest BCUT2D eigenvalue weighted by atomic mass is 10.1. The topological polar surface area (TPSA) is 58.6 Å². The van der Waals surface area contributed by atoms with Gasteiger partial charge in [-0.3, -0.25) is 4.79 Å². The molecule has 0 aliphatic heterocycles. The highest BCUT2D eigenvalue weighted by Gasteiger charge is 2.04. The number of hydrogen-bond acceptors (Lipinski definition) is 4. The molecule has 1 aromatic rings. The van der Waals surface area contributed by atoms with Crippen LogP contribution in [0.15, 0.2) is 18.2 Å². The summed E-state index contributed by atoms with van der Waals surface area (Å²) in [7, 11) is 0. The summed E-state index contributed by atoms with van der Waals surface area (Å²) in [4.78, 5) is 10.1. The standard InChI is InChI=1S/C12H17NO3/c1-9(2)13-12-4-3-10(7-16-8-15)5-11(12)6-14/h3-5,8-9,13-14H,6-7H2,1-2H3. The first kappa shape index (κ1) is 12.5. The minimum Gasteiger partial charge on any atom is -0.463 e. The van der Waals surface area contributed by atoms with Crippen LogP contribution in [0.3, 0.4) is 0 Å². The second-order valence-electron chi connectivity index (χ2n) is 3.86. The molecule has 0 unspecified atom stereocenters. The van der Waals surface area contributed by atoms with E-state index in [1.54, 1.807) is 0 Å². The minimum atomic E-state index is -0.0377. The fraction of sp³-hybridized carbons (Fsp3) is 0.417. The molecular weight excluding hydrogens is 206 g/mol. The van der Waals surface area contributed by atoms with Crippen molar-refractivity contribution in [3.8, 4) is 0 Å². The van der Waals surface area contributed by atoms with Crippen LogP contribution in [0.5, 0.6) is 0 Å². The molecular formula is C12H17NO3. The quantitative estimate of drug-likeness (QED) is 0.720. The van der Waals surface area contributed by atoms with Gasteiger partial charge >= 0.3 is 0 Å². The summed E-state index contributed by atoms with van der Waals surface area (Å²) in [5.41, 5.74) is 2.58. The highest BCUT2D eigenvalue weighted by Crippen LogP contribution is 2.19. The van der Waals surface area contributed by atoms with Crippen LogP contribution in [0, 0.1) is 0 Å². The Labute approximate surface area is 95.2 Å². The molecule has 4 nitrogen and oxygen atoms in total. The first-order chi connectivity index (χ1) is 7.67. The van der Waals surface area contributed by atoms with Gasteiger partial charge in [0, 0.05) is 17.3 Å². The van der Waals surface area contributed by atoms with Crippen molar-refractivity contribution in [1.82, 2.24) is 0 Å². The third-order valence-electron chi connectivity index (χ3n) is 2.10. The smallest absolute Gasteiger partial charge is 0.293 e. The number of carbonyl (C=O) groups excluding carboxylic acids is 1. The molecule has 1 aromatic carbocycles. The van der Waals surface area contributed by atoms with E-state index in [0.717, 1.165) is 16.8 Å². The number of hydrogen-bond donors (Lipinski definition) is 2. The van der Waals surface area contributed by atoms with Crippen LogP contribution in [0.2, 0.25) is 0 Å². The summed E-state index contributed by atoms with van der Waals surface area (Å²) in [6.45, 7) is 4.68. The van der Waals surface area contributed by atoms with Gasteiger partial charge < -0.3 is 15.2 Å². The van der Waals surface area contributed by atoms with Crippen molar-refractivity contribution in [2.75, 3.05) is 5.32 Å². The van der Waals surface area contributed by atoms with E-state index in [1.165, 1.54) is 0 Å². The minimum absolute atomic E-state index is 0.0377. The summed E-state index contributed by atoms with van der Waals surface area (Å²) < 4.78 is 4.66. The third kappa shape index (κ3) is 3.55. The van der Waals surface area contributed by atoms with Crippen molar-refractivity contribution in [2.24, 2.45) is 0 Å². The predicted octanol–water partition coefficient (Wildman–Crippen LogP) is 1.67. The van der Waals surface area contributed by atoms with Crippen molar-refractivity contribution in [2.45, 2.75) is 33.1 Å². The molecule has 0 aliphatic rings. The maximum Gasteiger partial charge on any atom is 0.293 e. The molecule has 0 bridgehead atoms. The Balaban J connectivity index is 2.83. The van der Waals surface area contributed by atoms with Crippen LogP contribution in [0.4, 0.5) is 5.69 Å². The van der Waals surface area contributed by atoms with Gasteiger partial charge in [0.05, 0.1) is 6.61 Å². The Morgan fingerprint density at radius 3 is 2.81 bits per heavy atom. The fourth-order valence-electron chi connectivity index (χ4n) is 1.45. The molecule has 0 amide bonds. The average Bonchev–Trinajstić information content (AvgIpc) is 2.27. The van der Waals surface area contributed by atoms with E-state index < -0.39 is 0 Å². The normalized spacial score (nSPS) is 10.2. The molecule has 0 saturated heterocycles. The third-order valence-corrected chi connectivity index (χ3v) is 2.10. The molecule has 16 heavy (non-hydrogen) atoms. The molecule has 88 valence electrons. The van der Waals surface area contributed by atoms with Crippen LogP contribution in [-0.2, 0) is 22.7 Å². The highest BCUT2D eigenvalue weighted by atomic mass is 16.5. The van der Waals surface area contributed by atoms with E-state index in [2.05, 4.69) is 10.1 Å². The highest BCUT2D eigenvalue weighted by molar-refractivity contribution is 5.53. The molecule has 0 spiro atoms. The van der Waals surface area contributed by atoms with Crippen LogP contribution in [0.1, 0.15) is 25.0 Å². The van der Waals surface area contributed by atoms with Crippen LogP contribution < -0.4 is 5.32 Å². The fourth-order valence-corrected chi connectivity index (χ4v) is 1.45. The predicted molar refractivity (Wildman–Crippen MR) is 62.0 cm³/mol. The van der Waals surface area contributed by atoms with Gasteiger partial charge in [-0.25, -0.2) is 0 Å². The van der Waals surface area contributed by atoms with Crippen LogP contribution in [-0.4, -0.2) is 17.6 Å². The van der Waals surface area contributed by atoms with Gasteiger partial charge in [-0.15, -0.1) is 0 Å². The molecule has 0 atom stereocenters.